The van der Waals surface area contributed by atoms with E-state index in [0.29, 0.717) is 24.1 Å². The fourth-order valence-corrected chi connectivity index (χ4v) is 4.32. The smallest absolute Gasteiger partial charge is 0.257 e. The Kier molecular flexibility index (Phi) is 5.66. The second-order valence-corrected chi connectivity index (χ2v) is 8.20. The van der Waals surface area contributed by atoms with Crippen molar-refractivity contribution in [3.05, 3.63) is 82.2 Å². The maximum absolute atomic E-state index is 14.1. The van der Waals surface area contributed by atoms with Crippen LogP contribution in [0.3, 0.4) is 0 Å². The third kappa shape index (κ3) is 4.27. The van der Waals surface area contributed by atoms with Crippen LogP contribution in [0.2, 0.25) is 0 Å². The van der Waals surface area contributed by atoms with Crippen LogP contribution >= 0.6 is 0 Å². The standard InChI is InChI=1S/C24H27FN4O/c1-16-11-18(12-19-7-4-5-9-22(19)25)13-23(26-16)20-8-6-10-29(14-20)24(30)21-15-28(3)27-17(21)2/h4-5,7,9,11,13,15,20H,6,8,10,12,14H2,1-3H3/t20-/m0/s1. The van der Waals surface area contributed by atoms with Gasteiger partial charge in [0.05, 0.1) is 11.3 Å². The number of halogens is 1. The summed E-state index contributed by atoms with van der Waals surface area (Å²) in [6.07, 6.45) is 4.26. The van der Waals surface area contributed by atoms with E-state index in [0.717, 1.165) is 42.0 Å². The molecule has 0 spiro atoms. The summed E-state index contributed by atoms with van der Waals surface area (Å²) >= 11 is 0. The quantitative estimate of drug-likeness (QED) is 0.653. The maximum Gasteiger partial charge on any atom is 0.257 e. The Morgan fingerprint density at radius 2 is 2.03 bits per heavy atom. The van der Waals surface area contributed by atoms with Crippen LogP contribution in [-0.4, -0.2) is 38.7 Å². The first-order valence-corrected chi connectivity index (χ1v) is 10.4. The summed E-state index contributed by atoms with van der Waals surface area (Å²) in [5.74, 6) is 0.0262. The van der Waals surface area contributed by atoms with Gasteiger partial charge < -0.3 is 4.90 Å². The number of aromatic nitrogens is 3. The van der Waals surface area contributed by atoms with Gasteiger partial charge >= 0.3 is 0 Å². The highest BCUT2D eigenvalue weighted by molar-refractivity contribution is 5.95. The minimum atomic E-state index is -0.185. The molecule has 1 aliphatic heterocycles. The zero-order chi connectivity index (χ0) is 21.3. The Morgan fingerprint density at radius 3 is 2.77 bits per heavy atom. The third-order valence-electron chi connectivity index (χ3n) is 5.76. The zero-order valence-electron chi connectivity index (χ0n) is 17.7. The predicted octanol–water partition coefficient (Wildman–Crippen LogP) is 4.18. The molecule has 0 saturated carbocycles. The van der Waals surface area contributed by atoms with Crippen molar-refractivity contribution in [3.8, 4) is 0 Å². The topological polar surface area (TPSA) is 51.0 Å². The number of carbonyl (C=O) groups excluding carboxylic acids is 1. The summed E-state index contributed by atoms with van der Waals surface area (Å²) < 4.78 is 15.8. The molecule has 1 aromatic carbocycles. The number of benzene rings is 1. The van der Waals surface area contributed by atoms with Crippen LogP contribution in [0.15, 0.2) is 42.6 Å². The van der Waals surface area contributed by atoms with Crippen LogP contribution in [-0.2, 0) is 13.5 Å². The van der Waals surface area contributed by atoms with Crippen molar-refractivity contribution in [1.29, 1.82) is 0 Å². The average molecular weight is 407 g/mol. The molecule has 1 atom stereocenters. The fourth-order valence-electron chi connectivity index (χ4n) is 4.32. The van der Waals surface area contributed by atoms with Gasteiger partial charge in [-0.15, -0.1) is 0 Å². The van der Waals surface area contributed by atoms with Crippen molar-refractivity contribution in [1.82, 2.24) is 19.7 Å². The van der Waals surface area contributed by atoms with Gasteiger partial charge in [0.2, 0.25) is 0 Å². The Morgan fingerprint density at radius 1 is 1.23 bits per heavy atom. The van der Waals surface area contributed by atoms with Gasteiger partial charge in [-0.3, -0.25) is 14.5 Å². The first-order valence-electron chi connectivity index (χ1n) is 10.4. The normalized spacial score (nSPS) is 16.7. The maximum atomic E-state index is 14.1. The van der Waals surface area contributed by atoms with Crippen molar-refractivity contribution in [2.45, 2.75) is 39.0 Å². The molecule has 0 aliphatic carbocycles. The van der Waals surface area contributed by atoms with E-state index in [1.165, 1.54) is 6.07 Å². The molecular weight excluding hydrogens is 379 g/mol. The van der Waals surface area contributed by atoms with Crippen LogP contribution in [0.4, 0.5) is 4.39 Å². The van der Waals surface area contributed by atoms with Crippen LogP contribution in [0.1, 0.15) is 57.3 Å². The minimum Gasteiger partial charge on any atom is -0.338 e. The lowest BCUT2D eigenvalue weighted by Crippen LogP contribution is -2.39. The molecule has 30 heavy (non-hydrogen) atoms. The SMILES string of the molecule is Cc1cc(Cc2ccccc2F)cc([C@H]2CCCN(C(=O)c3cn(C)nc3C)C2)n1. The van der Waals surface area contributed by atoms with Crippen molar-refractivity contribution in [2.24, 2.45) is 7.05 Å². The van der Waals surface area contributed by atoms with Crippen molar-refractivity contribution < 1.29 is 9.18 Å². The van der Waals surface area contributed by atoms with Gasteiger partial charge in [0, 0.05) is 50.1 Å². The van der Waals surface area contributed by atoms with Gasteiger partial charge in [0.1, 0.15) is 5.82 Å². The van der Waals surface area contributed by atoms with Crippen LogP contribution in [0.25, 0.3) is 0 Å². The number of carbonyl (C=O) groups is 1. The molecular formula is C24H27FN4O. The summed E-state index contributed by atoms with van der Waals surface area (Å²) in [6, 6.07) is 11.0. The second-order valence-electron chi connectivity index (χ2n) is 8.20. The van der Waals surface area contributed by atoms with E-state index >= 15 is 0 Å². The lowest BCUT2D eigenvalue weighted by atomic mass is 9.92. The van der Waals surface area contributed by atoms with Gasteiger partial charge in [0.25, 0.3) is 5.91 Å². The minimum absolute atomic E-state index is 0.0320. The van der Waals surface area contributed by atoms with Gasteiger partial charge in [-0.2, -0.15) is 5.10 Å². The number of nitrogens with zero attached hydrogens (tertiary/aromatic N) is 4. The Labute approximate surface area is 176 Å². The Balaban J connectivity index is 1.55. The number of pyridine rings is 1. The number of piperidine rings is 1. The predicted molar refractivity (Wildman–Crippen MR) is 114 cm³/mol. The summed E-state index contributed by atoms with van der Waals surface area (Å²) in [5.41, 5.74) is 5.06. The number of likely N-dealkylation sites (tertiary alicyclic amines) is 1. The van der Waals surface area contributed by atoms with E-state index in [-0.39, 0.29) is 17.6 Å². The molecule has 3 aromatic rings. The summed E-state index contributed by atoms with van der Waals surface area (Å²) in [6.45, 7) is 5.23. The van der Waals surface area contributed by atoms with Crippen molar-refractivity contribution in [2.75, 3.05) is 13.1 Å². The van der Waals surface area contributed by atoms with E-state index in [9.17, 15) is 9.18 Å². The molecule has 0 unspecified atom stereocenters. The lowest BCUT2D eigenvalue weighted by Gasteiger charge is -2.32. The Hall–Kier alpha value is -3.02. The summed E-state index contributed by atoms with van der Waals surface area (Å²) in [7, 11) is 1.83. The lowest BCUT2D eigenvalue weighted by molar-refractivity contribution is 0.0705. The molecule has 1 aliphatic rings. The molecule has 3 heterocycles. The fraction of sp³-hybridized carbons (Fsp3) is 0.375. The number of hydrogen-bond donors (Lipinski definition) is 0. The van der Waals surface area contributed by atoms with Crippen LogP contribution in [0, 0.1) is 19.7 Å². The molecule has 156 valence electrons. The first-order chi connectivity index (χ1) is 14.4. The summed E-state index contributed by atoms with van der Waals surface area (Å²) in [4.78, 5) is 19.7. The molecule has 1 saturated heterocycles. The summed E-state index contributed by atoms with van der Waals surface area (Å²) in [5, 5.41) is 4.30. The molecule has 6 heteroatoms. The van der Waals surface area contributed by atoms with E-state index in [1.54, 1.807) is 16.9 Å². The molecule has 0 radical (unpaired) electrons. The highest BCUT2D eigenvalue weighted by atomic mass is 19.1. The Bertz CT molecular complexity index is 1070. The zero-order valence-corrected chi connectivity index (χ0v) is 17.7. The van der Waals surface area contributed by atoms with Crippen molar-refractivity contribution >= 4 is 5.91 Å². The van der Waals surface area contributed by atoms with E-state index in [4.69, 9.17) is 4.98 Å². The molecule has 0 N–H and O–H groups in total. The van der Waals surface area contributed by atoms with E-state index in [2.05, 4.69) is 11.2 Å². The molecule has 0 bridgehead atoms. The third-order valence-corrected chi connectivity index (χ3v) is 5.76. The number of rotatable bonds is 4. The molecule has 5 nitrogen and oxygen atoms in total. The highest BCUT2D eigenvalue weighted by Gasteiger charge is 2.28. The van der Waals surface area contributed by atoms with Gasteiger partial charge in [0.15, 0.2) is 0 Å². The number of aryl methyl sites for hydroxylation is 3. The van der Waals surface area contributed by atoms with Gasteiger partial charge in [-0.1, -0.05) is 18.2 Å². The van der Waals surface area contributed by atoms with Crippen molar-refractivity contribution in [3.63, 3.8) is 0 Å². The van der Waals surface area contributed by atoms with Crippen LogP contribution < -0.4 is 0 Å². The van der Waals surface area contributed by atoms with E-state index in [1.807, 2.05) is 44.0 Å². The molecule has 1 amide bonds. The van der Waals surface area contributed by atoms with Gasteiger partial charge in [-0.25, -0.2) is 4.39 Å². The number of hydrogen-bond acceptors (Lipinski definition) is 3. The van der Waals surface area contributed by atoms with Gasteiger partial charge in [-0.05, 0) is 56.0 Å². The highest BCUT2D eigenvalue weighted by Crippen LogP contribution is 2.28. The molecule has 2 aromatic heterocycles. The largest absolute Gasteiger partial charge is 0.338 e. The first kappa shape index (κ1) is 20.3. The number of amides is 1. The van der Waals surface area contributed by atoms with E-state index < -0.39 is 0 Å². The van der Waals surface area contributed by atoms with Crippen LogP contribution in [0.5, 0.6) is 0 Å². The molecule has 4 rings (SSSR count). The average Bonchev–Trinajstić information content (AvgIpc) is 3.07. The monoisotopic (exact) mass is 406 g/mol. The second kappa shape index (κ2) is 8.38. The molecule has 1 fully saturated rings.